The monoisotopic (exact) mass is 387 g/mol. The van der Waals surface area contributed by atoms with Gasteiger partial charge in [0.2, 0.25) is 0 Å². The van der Waals surface area contributed by atoms with E-state index in [-0.39, 0.29) is 11.9 Å². The number of aryl methyl sites for hydroxylation is 1. The number of rotatable bonds is 2. The van der Waals surface area contributed by atoms with Gasteiger partial charge >= 0.3 is 0 Å². The van der Waals surface area contributed by atoms with Crippen LogP contribution in [0.25, 0.3) is 0 Å². The quantitative estimate of drug-likeness (QED) is 0.806. The van der Waals surface area contributed by atoms with Crippen molar-refractivity contribution >= 4 is 39.8 Å². The molecular weight excluding hydrogens is 373 g/mol. The van der Waals surface area contributed by atoms with E-state index < -0.39 is 0 Å². The van der Waals surface area contributed by atoms with Gasteiger partial charge in [0.15, 0.2) is 0 Å². The third kappa shape index (κ3) is 2.55. The van der Waals surface area contributed by atoms with E-state index in [1.807, 2.05) is 29.4 Å². The van der Waals surface area contributed by atoms with Crippen LogP contribution >= 0.6 is 33.9 Å². The second-order valence-corrected chi connectivity index (χ2v) is 7.53. The number of nitrogens with one attached hydrogen (secondary N) is 1. The summed E-state index contributed by atoms with van der Waals surface area (Å²) in [5.74, 6) is 0.0147. The molecule has 0 radical (unpaired) electrons. The molecule has 0 saturated carbocycles. The van der Waals surface area contributed by atoms with Crippen molar-refractivity contribution in [2.24, 2.45) is 7.05 Å². The largest absolute Gasteiger partial charge is 0.345 e. The number of amides is 1. The number of thiophene rings is 1. The Morgan fingerprint density at radius 3 is 3.21 bits per heavy atom. The van der Waals surface area contributed by atoms with Gasteiger partial charge in [-0.15, -0.1) is 11.3 Å². The Morgan fingerprint density at radius 1 is 1.63 bits per heavy atom. The van der Waals surface area contributed by atoms with Gasteiger partial charge in [-0.25, -0.2) is 0 Å². The molecule has 1 amide bonds. The zero-order valence-electron chi connectivity index (χ0n) is 10.5. The molecule has 1 aliphatic rings. The zero-order chi connectivity index (χ0) is 13.4. The second-order valence-electron chi connectivity index (χ2n) is 4.73. The molecule has 1 atom stereocenters. The van der Waals surface area contributed by atoms with Gasteiger partial charge in [0.1, 0.15) is 0 Å². The van der Waals surface area contributed by atoms with Gasteiger partial charge in [0, 0.05) is 23.7 Å². The lowest BCUT2D eigenvalue weighted by atomic mass is 9.93. The SMILES string of the molecule is Cn1ncc2c1CCCC2NC(=O)c1csc(I)c1. The lowest BCUT2D eigenvalue weighted by Gasteiger charge is -2.23. The molecule has 2 aromatic heterocycles. The van der Waals surface area contributed by atoms with Crippen LogP contribution in [-0.2, 0) is 13.5 Å². The number of nitrogens with zero attached hydrogens (tertiary/aromatic N) is 2. The highest BCUT2D eigenvalue weighted by atomic mass is 127. The van der Waals surface area contributed by atoms with Crippen molar-refractivity contribution in [1.82, 2.24) is 15.1 Å². The van der Waals surface area contributed by atoms with Crippen molar-refractivity contribution in [3.05, 3.63) is 37.3 Å². The summed E-state index contributed by atoms with van der Waals surface area (Å²) in [5.41, 5.74) is 3.17. The third-order valence-corrected chi connectivity index (χ3v) is 5.30. The van der Waals surface area contributed by atoms with E-state index >= 15 is 0 Å². The molecule has 2 heterocycles. The number of hydrogen-bond donors (Lipinski definition) is 1. The zero-order valence-corrected chi connectivity index (χ0v) is 13.5. The molecule has 0 aliphatic heterocycles. The first kappa shape index (κ1) is 13.1. The van der Waals surface area contributed by atoms with Gasteiger partial charge in [0.05, 0.1) is 20.7 Å². The van der Waals surface area contributed by atoms with E-state index in [1.54, 1.807) is 11.3 Å². The molecule has 0 bridgehead atoms. The first-order chi connectivity index (χ1) is 9.15. The minimum atomic E-state index is 0.0147. The van der Waals surface area contributed by atoms with Crippen LogP contribution in [0.5, 0.6) is 0 Å². The van der Waals surface area contributed by atoms with E-state index in [2.05, 4.69) is 33.0 Å². The fraction of sp³-hybridized carbons (Fsp3) is 0.385. The minimum absolute atomic E-state index is 0.0147. The average molecular weight is 387 g/mol. The van der Waals surface area contributed by atoms with E-state index in [1.165, 1.54) is 11.3 Å². The third-order valence-electron chi connectivity index (χ3n) is 3.51. The Labute approximate surface area is 129 Å². The number of fused-ring (bicyclic) bond motifs is 1. The summed E-state index contributed by atoms with van der Waals surface area (Å²) in [4.78, 5) is 12.2. The molecule has 3 rings (SSSR count). The Bertz CT molecular complexity index is 619. The summed E-state index contributed by atoms with van der Waals surface area (Å²) >= 11 is 3.83. The lowest BCUT2D eigenvalue weighted by molar-refractivity contribution is 0.0933. The highest BCUT2D eigenvalue weighted by molar-refractivity contribution is 14.1. The number of hydrogen-bond acceptors (Lipinski definition) is 3. The van der Waals surface area contributed by atoms with E-state index in [9.17, 15) is 4.79 Å². The fourth-order valence-electron chi connectivity index (χ4n) is 2.53. The first-order valence-corrected chi connectivity index (χ1v) is 8.16. The van der Waals surface area contributed by atoms with Crippen LogP contribution in [0, 0.1) is 2.88 Å². The van der Waals surface area contributed by atoms with Crippen molar-refractivity contribution in [2.75, 3.05) is 0 Å². The van der Waals surface area contributed by atoms with Gasteiger partial charge in [0.25, 0.3) is 5.91 Å². The van der Waals surface area contributed by atoms with Crippen molar-refractivity contribution in [3.8, 4) is 0 Å². The number of carbonyl (C=O) groups excluding carboxylic acids is 1. The maximum absolute atomic E-state index is 12.2. The highest BCUT2D eigenvalue weighted by Gasteiger charge is 2.25. The second kappa shape index (κ2) is 5.24. The topological polar surface area (TPSA) is 46.9 Å². The van der Waals surface area contributed by atoms with Crippen LogP contribution in [0.15, 0.2) is 17.6 Å². The molecule has 0 spiro atoms. The standard InChI is InChI=1S/C13H14IN3OS/c1-17-11-4-2-3-10(9(11)6-15-17)16-13(18)8-5-12(14)19-7-8/h5-7,10H,2-4H2,1H3,(H,16,18). The Morgan fingerprint density at radius 2 is 2.47 bits per heavy atom. The summed E-state index contributed by atoms with van der Waals surface area (Å²) in [6.45, 7) is 0. The van der Waals surface area contributed by atoms with Gasteiger partial charge < -0.3 is 5.32 Å². The van der Waals surface area contributed by atoms with Gasteiger partial charge in [-0.05, 0) is 47.9 Å². The summed E-state index contributed by atoms with van der Waals surface area (Å²) < 4.78 is 3.05. The lowest BCUT2D eigenvalue weighted by Crippen LogP contribution is -2.30. The number of aromatic nitrogens is 2. The summed E-state index contributed by atoms with van der Waals surface area (Å²) in [5, 5.41) is 9.33. The molecule has 1 aliphatic carbocycles. The Balaban J connectivity index is 1.79. The van der Waals surface area contributed by atoms with Crippen LogP contribution in [0.4, 0.5) is 0 Å². The number of halogens is 1. The van der Waals surface area contributed by atoms with E-state index in [0.717, 1.165) is 27.7 Å². The van der Waals surface area contributed by atoms with Crippen molar-refractivity contribution < 1.29 is 4.79 Å². The van der Waals surface area contributed by atoms with Crippen molar-refractivity contribution in [1.29, 1.82) is 0 Å². The fourth-order valence-corrected chi connectivity index (χ4v) is 3.85. The van der Waals surface area contributed by atoms with Crippen LogP contribution in [0.1, 0.15) is 40.5 Å². The van der Waals surface area contributed by atoms with Crippen LogP contribution in [-0.4, -0.2) is 15.7 Å². The van der Waals surface area contributed by atoms with Crippen LogP contribution in [0.3, 0.4) is 0 Å². The van der Waals surface area contributed by atoms with Crippen molar-refractivity contribution in [3.63, 3.8) is 0 Å². The predicted octanol–water partition coefficient (Wildman–Crippen LogP) is 2.89. The molecular formula is C13H14IN3OS. The maximum atomic E-state index is 12.2. The molecule has 6 heteroatoms. The summed E-state index contributed by atoms with van der Waals surface area (Å²) in [6.07, 6.45) is 5.02. The Kier molecular flexibility index (Phi) is 3.62. The molecule has 100 valence electrons. The van der Waals surface area contributed by atoms with E-state index in [4.69, 9.17) is 0 Å². The highest BCUT2D eigenvalue weighted by Crippen LogP contribution is 2.29. The Hall–Kier alpha value is -0.890. The maximum Gasteiger partial charge on any atom is 0.252 e. The predicted molar refractivity (Wildman–Crippen MR) is 83.4 cm³/mol. The smallest absolute Gasteiger partial charge is 0.252 e. The molecule has 0 saturated heterocycles. The normalized spacial score (nSPS) is 18.1. The number of carbonyl (C=O) groups is 1. The molecule has 19 heavy (non-hydrogen) atoms. The average Bonchev–Trinajstić information content (AvgIpc) is 2.98. The minimum Gasteiger partial charge on any atom is -0.345 e. The van der Waals surface area contributed by atoms with Crippen molar-refractivity contribution in [2.45, 2.75) is 25.3 Å². The first-order valence-electron chi connectivity index (χ1n) is 6.21. The van der Waals surface area contributed by atoms with Gasteiger partial charge in [-0.3, -0.25) is 9.48 Å². The molecule has 0 fully saturated rings. The molecule has 2 aromatic rings. The van der Waals surface area contributed by atoms with Gasteiger partial charge in [-0.2, -0.15) is 5.10 Å². The summed E-state index contributed by atoms with van der Waals surface area (Å²) in [7, 11) is 1.96. The van der Waals surface area contributed by atoms with Crippen LogP contribution in [0.2, 0.25) is 0 Å². The molecule has 1 N–H and O–H groups in total. The molecule has 4 nitrogen and oxygen atoms in total. The molecule has 0 aromatic carbocycles. The van der Waals surface area contributed by atoms with Crippen LogP contribution < -0.4 is 5.32 Å². The summed E-state index contributed by atoms with van der Waals surface area (Å²) in [6, 6.07) is 2.02. The van der Waals surface area contributed by atoms with Gasteiger partial charge in [-0.1, -0.05) is 0 Å². The van der Waals surface area contributed by atoms with E-state index in [0.29, 0.717) is 0 Å². The molecule has 1 unspecified atom stereocenters.